The van der Waals surface area contributed by atoms with E-state index in [0.717, 1.165) is 42.6 Å². The molecule has 0 heterocycles. The number of rotatable bonds is 4. The van der Waals surface area contributed by atoms with Crippen LogP contribution in [0.1, 0.15) is 62.9 Å². The minimum atomic E-state index is -1.83. The molecule has 0 saturated carbocycles. The average molecular weight is 387 g/mol. The maximum atomic E-state index is 13.2. The lowest BCUT2D eigenvalue weighted by Gasteiger charge is -2.37. The molecule has 1 aromatic rings. The summed E-state index contributed by atoms with van der Waals surface area (Å²) in [6, 6.07) is 5.87. The molecule has 2 aliphatic rings. The van der Waals surface area contributed by atoms with E-state index in [1.807, 2.05) is 18.2 Å². The Labute approximate surface area is 165 Å². The molecule has 0 spiro atoms. The van der Waals surface area contributed by atoms with Gasteiger partial charge in [0.2, 0.25) is 8.32 Å². The normalized spacial score (nSPS) is 23.4. The van der Waals surface area contributed by atoms with E-state index < -0.39 is 8.32 Å². The van der Waals surface area contributed by atoms with Crippen LogP contribution in [0.2, 0.25) is 18.1 Å². The Morgan fingerprint density at radius 1 is 1.07 bits per heavy atom. The second kappa shape index (κ2) is 7.12. The molecule has 0 saturated heterocycles. The van der Waals surface area contributed by atoms with Gasteiger partial charge in [0.1, 0.15) is 5.75 Å². The maximum absolute atomic E-state index is 13.2. The second-order valence-corrected chi connectivity index (χ2v) is 14.4. The highest BCUT2D eigenvalue weighted by Gasteiger charge is 2.43. The fourth-order valence-corrected chi connectivity index (χ4v) is 5.36. The molecule has 0 unspecified atom stereocenters. The molecule has 0 aliphatic heterocycles. The molecular formula is C23H34O3Si. The summed E-state index contributed by atoms with van der Waals surface area (Å²) in [5.74, 6) is 2.72. The number of ether oxygens (including phenoxy) is 1. The summed E-state index contributed by atoms with van der Waals surface area (Å²) in [5.41, 5.74) is 3.33. The topological polar surface area (TPSA) is 35.5 Å². The lowest BCUT2D eigenvalue weighted by atomic mass is 9.74. The minimum absolute atomic E-state index is 0.0893. The molecule has 0 fully saturated rings. The molecule has 3 rings (SSSR count). The molecule has 2 aliphatic carbocycles. The lowest BCUT2D eigenvalue weighted by Crippen LogP contribution is -2.40. The molecule has 0 aromatic heterocycles. The van der Waals surface area contributed by atoms with Crippen LogP contribution in [-0.2, 0) is 10.8 Å². The van der Waals surface area contributed by atoms with Crippen LogP contribution in [0.15, 0.2) is 29.5 Å². The number of carbonyl (C=O) groups is 1. The molecule has 0 radical (unpaired) electrons. The molecule has 3 nitrogen and oxygen atoms in total. The molecule has 4 heteroatoms. The number of fused-ring (bicyclic) bond motifs is 1. The van der Waals surface area contributed by atoms with Crippen LogP contribution in [0.25, 0.3) is 0 Å². The Morgan fingerprint density at radius 3 is 2.37 bits per heavy atom. The van der Waals surface area contributed by atoms with Crippen molar-refractivity contribution in [2.75, 3.05) is 7.11 Å². The summed E-state index contributed by atoms with van der Waals surface area (Å²) in [6.45, 7) is 13.6. The summed E-state index contributed by atoms with van der Waals surface area (Å²) >= 11 is 0. The van der Waals surface area contributed by atoms with Crippen molar-refractivity contribution in [3.8, 4) is 5.75 Å². The first kappa shape index (κ1) is 20.2. The molecule has 148 valence electrons. The van der Waals surface area contributed by atoms with Gasteiger partial charge in [-0.15, -0.1) is 0 Å². The van der Waals surface area contributed by atoms with Crippen LogP contribution in [0.4, 0.5) is 0 Å². The fraction of sp³-hybridized carbons (Fsp3) is 0.609. The molecule has 0 amide bonds. The van der Waals surface area contributed by atoms with Gasteiger partial charge in [0, 0.05) is 17.9 Å². The van der Waals surface area contributed by atoms with E-state index in [9.17, 15) is 4.79 Å². The second-order valence-electron chi connectivity index (χ2n) is 9.65. The Hall–Kier alpha value is -1.55. The van der Waals surface area contributed by atoms with Crippen LogP contribution in [0.3, 0.4) is 0 Å². The number of carbonyl (C=O) groups excluding carboxylic acids is 1. The van der Waals surface area contributed by atoms with Gasteiger partial charge in [-0.05, 0) is 79.6 Å². The summed E-state index contributed by atoms with van der Waals surface area (Å²) in [6.07, 6.45) is 3.89. The van der Waals surface area contributed by atoms with Crippen LogP contribution >= 0.6 is 0 Å². The highest BCUT2D eigenvalue weighted by molar-refractivity contribution is 6.74. The largest absolute Gasteiger partial charge is 0.547 e. The zero-order valence-electron chi connectivity index (χ0n) is 17.9. The number of aryl methyl sites for hydroxylation is 1. The zero-order chi connectivity index (χ0) is 20.0. The predicted octanol–water partition coefficient (Wildman–Crippen LogP) is 6.15. The van der Waals surface area contributed by atoms with E-state index in [-0.39, 0.29) is 11.0 Å². The van der Waals surface area contributed by atoms with Crippen molar-refractivity contribution in [3.63, 3.8) is 0 Å². The van der Waals surface area contributed by atoms with Gasteiger partial charge in [0.15, 0.2) is 5.78 Å². The highest BCUT2D eigenvalue weighted by atomic mass is 28.4. The Bertz CT molecular complexity index is 770. The average Bonchev–Trinajstić information content (AvgIpc) is 2.94. The van der Waals surface area contributed by atoms with Crippen molar-refractivity contribution in [2.24, 2.45) is 11.8 Å². The van der Waals surface area contributed by atoms with Crippen molar-refractivity contribution >= 4 is 14.1 Å². The third kappa shape index (κ3) is 3.73. The maximum Gasteiger partial charge on any atom is 0.250 e. The third-order valence-corrected chi connectivity index (χ3v) is 11.4. The highest BCUT2D eigenvalue weighted by Crippen LogP contribution is 2.46. The van der Waals surface area contributed by atoms with Crippen molar-refractivity contribution < 1.29 is 14.0 Å². The quantitative estimate of drug-likeness (QED) is 0.583. The van der Waals surface area contributed by atoms with E-state index >= 15 is 0 Å². The third-order valence-electron chi connectivity index (χ3n) is 6.99. The monoisotopic (exact) mass is 386 g/mol. The predicted molar refractivity (Wildman–Crippen MR) is 113 cm³/mol. The van der Waals surface area contributed by atoms with E-state index in [2.05, 4.69) is 40.8 Å². The van der Waals surface area contributed by atoms with Gasteiger partial charge in [0.05, 0.1) is 12.9 Å². The number of hydrogen-bond donors (Lipinski definition) is 0. The first-order valence-electron chi connectivity index (χ1n) is 10.1. The molecule has 0 bridgehead atoms. The first-order valence-corrected chi connectivity index (χ1v) is 13.1. The van der Waals surface area contributed by atoms with E-state index in [0.29, 0.717) is 11.7 Å². The molecular weight excluding hydrogens is 352 g/mol. The standard InChI is InChI=1S/C23H34O3Si/c1-15-18(12-13-21(15)26-27(6,7)23(2,3)4)20-10-8-16-14-17(25-5)9-11-19(16)22(20)24/h9,11,14,18,20H,8,10,12-13H2,1-7H3/t18-,20+/m1/s1. The number of methoxy groups -OCH3 is 1. The van der Waals surface area contributed by atoms with Crippen molar-refractivity contribution in [2.45, 2.75) is 71.5 Å². The van der Waals surface area contributed by atoms with Crippen LogP contribution in [0, 0.1) is 11.8 Å². The number of Topliss-reactive ketones (excluding diaryl/α,β-unsaturated/α-hetero) is 1. The lowest BCUT2D eigenvalue weighted by molar-refractivity contribution is 0.0863. The van der Waals surface area contributed by atoms with Gasteiger partial charge >= 0.3 is 0 Å². The summed E-state index contributed by atoms with van der Waals surface area (Å²) < 4.78 is 11.9. The first-order chi connectivity index (χ1) is 12.5. The number of benzene rings is 1. The minimum Gasteiger partial charge on any atom is -0.547 e. The molecule has 27 heavy (non-hydrogen) atoms. The molecule has 1 aromatic carbocycles. The van der Waals surface area contributed by atoms with Gasteiger partial charge in [-0.1, -0.05) is 20.8 Å². The number of ketones is 1. The van der Waals surface area contributed by atoms with Crippen molar-refractivity contribution in [1.29, 1.82) is 0 Å². The van der Waals surface area contributed by atoms with Crippen LogP contribution in [-0.4, -0.2) is 21.2 Å². The molecule has 2 atom stereocenters. The van der Waals surface area contributed by atoms with Gasteiger partial charge in [0.25, 0.3) is 0 Å². The van der Waals surface area contributed by atoms with Gasteiger partial charge in [-0.2, -0.15) is 0 Å². The van der Waals surface area contributed by atoms with Gasteiger partial charge < -0.3 is 9.16 Å². The van der Waals surface area contributed by atoms with E-state index in [1.165, 1.54) is 11.3 Å². The Kier molecular flexibility index (Phi) is 5.32. The summed E-state index contributed by atoms with van der Waals surface area (Å²) in [4.78, 5) is 13.2. The zero-order valence-corrected chi connectivity index (χ0v) is 18.9. The van der Waals surface area contributed by atoms with E-state index in [1.54, 1.807) is 7.11 Å². The van der Waals surface area contributed by atoms with Crippen molar-refractivity contribution in [1.82, 2.24) is 0 Å². The summed E-state index contributed by atoms with van der Waals surface area (Å²) in [5, 5.41) is 0.191. The number of allylic oxidation sites excluding steroid dienone is 2. The molecule has 0 N–H and O–H groups in total. The SMILES string of the molecule is COc1ccc2c(c1)CC[C@@H]([C@@H]1CCC(O[Si](C)(C)C(C)(C)C)=C1C)C2=O. The van der Waals surface area contributed by atoms with Gasteiger partial charge in [-0.3, -0.25) is 4.79 Å². The van der Waals surface area contributed by atoms with E-state index in [4.69, 9.17) is 9.16 Å². The van der Waals surface area contributed by atoms with Crippen LogP contribution < -0.4 is 4.74 Å². The Morgan fingerprint density at radius 2 is 1.74 bits per heavy atom. The number of hydrogen-bond acceptors (Lipinski definition) is 3. The van der Waals surface area contributed by atoms with Gasteiger partial charge in [-0.25, -0.2) is 0 Å². The van der Waals surface area contributed by atoms with Crippen molar-refractivity contribution in [3.05, 3.63) is 40.7 Å². The van der Waals surface area contributed by atoms with Crippen LogP contribution in [0.5, 0.6) is 5.75 Å². The summed E-state index contributed by atoms with van der Waals surface area (Å²) in [7, 11) is -0.160. The fourth-order valence-electron chi connectivity index (χ4n) is 4.17. The smallest absolute Gasteiger partial charge is 0.250 e. The Balaban J connectivity index is 1.81.